The molecule has 25 heavy (non-hydrogen) atoms. The molecule has 0 aromatic carbocycles. The van der Waals surface area contributed by atoms with E-state index in [1.165, 1.54) is 0 Å². The largest absolute Gasteiger partial charge is 0.444 e. The molecule has 0 bridgehead atoms. The summed E-state index contributed by atoms with van der Waals surface area (Å²) in [7, 11) is 0. The Labute approximate surface area is 149 Å². The number of oxazole rings is 1. The standard InChI is InChI=1S/C17H19N5O2S/c1-10-8-18-16(24-10)11(2)21-15(23)13-4-3-6-22(13)14-12-5-7-25-17(12)20-9-19-14/h5,7-9,11,13H,3-4,6H2,1-2H3,(H,21,23)/t11-,13+/m1/s1. The van der Waals surface area contributed by atoms with Crippen molar-refractivity contribution in [3.8, 4) is 0 Å². The predicted molar refractivity (Wildman–Crippen MR) is 95.6 cm³/mol. The Kier molecular flexibility index (Phi) is 4.12. The van der Waals surface area contributed by atoms with Gasteiger partial charge in [0, 0.05) is 6.54 Å². The second-order valence-electron chi connectivity index (χ2n) is 6.23. The van der Waals surface area contributed by atoms with Crippen molar-refractivity contribution >= 4 is 33.3 Å². The lowest BCUT2D eigenvalue weighted by Crippen LogP contribution is -2.44. The summed E-state index contributed by atoms with van der Waals surface area (Å²) in [6, 6.07) is 1.51. The molecule has 4 rings (SSSR count). The van der Waals surface area contributed by atoms with Crippen LogP contribution in [0.3, 0.4) is 0 Å². The van der Waals surface area contributed by atoms with E-state index in [-0.39, 0.29) is 18.0 Å². The Morgan fingerprint density at radius 2 is 2.32 bits per heavy atom. The van der Waals surface area contributed by atoms with E-state index in [0.717, 1.165) is 41.2 Å². The minimum atomic E-state index is -0.268. The molecule has 0 aliphatic carbocycles. The van der Waals surface area contributed by atoms with Crippen LogP contribution in [-0.2, 0) is 4.79 Å². The number of thiophene rings is 1. The van der Waals surface area contributed by atoms with Gasteiger partial charge in [0.1, 0.15) is 34.8 Å². The lowest BCUT2D eigenvalue weighted by molar-refractivity contribution is -0.123. The van der Waals surface area contributed by atoms with Gasteiger partial charge in [0.2, 0.25) is 11.8 Å². The zero-order valence-corrected chi connectivity index (χ0v) is 14.9. The van der Waals surface area contributed by atoms with Crippen molar-refractivity contribution in [2.45, 2.75) is 38.8 Å². The Morgan fingerprint density at radius 3 is 3.12 bits per heavy atom. The van der Waals surface area contributed by atoms with Crippen molar-refractivity contribution in [1.82, 2.24) is 20.3 Å². The first-order valence-electron chi connectivity index (χ1n) is 8.31. The molecule has 3 aromatic heterocycles. The number of amides is 1. The topological polar surface area (TPSA) is 84.2 Å². The van der Waals surface area contributed by atoms with Crippen molar-refractivity contribution in [3.05, 3.63) is 35.6 Å². The predicted octanol–water partition coefficient (Wildman–Crippen LogP) is 2.83. The van der Waals surface area contributed by atoms with Gasteiger partial charge in [-0.2, -0.15) is 0 Å². The highest BCUT2D eigenvalue weighted by Gasteiger charge is 2.33. The second-order valence-corrected chi connectivity index (χ2v) is 7.12. The lowest BCUT2D eigenvalue weighted by Gasteiger charge is -2.26. The molecule has 0 spiro atoms. The van der Waals surface area contributed by atoms with E-state index in [4.69, 9.17) is 4.42 Å². The number of rotatable bonds is 4. The molecular formula is C17H19N5O2S. The van der Waals surface area contributed by atoms with Gasteiger partial charge in [-0.25, -0.2) is 15.0 Å². The van der Waals surface area contributed by atoms with E-state index in [1.807, 2.05) is 25.3 Å². The molecule has 1 aliphatic heterocycles. The molecule has 0 unspecified atom stereocenters. The summed E-state index contributed by atoms with van der Waals surface area (Å²) in [6.45, 7) is 4.53. The fourth-order valence-electron chi connectivity index (χ4n) is 3.24. The average molecular weight is 357 g/mol. The van der Waals surface area contributed by atoms with Crippen LogP contribution in [0.25, 0.3) is 10.2 Å². The Bertz CT molecular complexity index is 905. The van der Waals surface area contributed by atoms with Crippen LogP contribution in [0.5, 0.6) is 0 Å². The molecule has 4 heterocycles. The highest BCUT2D eigenvalue weighted by atomic mass is 32.1. The molecule has 2 atom stereocenters. The number of carbonyl (C=O) groups is 1. The Balaban J connectivity index is 1.55. The number of hydrogen-bond acceptors (Lipinski definition) is 7. The monoisotopic (exact) mass is 357 g/mol. The average Bonchev–Trinajstić information content (AvgIpc) is 3.34. The van der Waals surface area contributed by atoms with Gasteiger partial charge in [-0.3, -0.25) is 4.79 Å². The van der Waals surface area contributed by atoms with Crippen molar-refractivity contribution in [3.63, 3.8) is 0 Å². The van der Waals surface area contributed by atoms with Crippen molar-refractivity contribution in [1.29, 1.82) is 0 Å². The van der Waals surface area contributed by atoms with Crippen LogP contribution >= 0.6 is 11.3 Å². The van der Waals surface area contributed by atoms with E-state index >= 15 is 0 Å². The van der Waals surface area contributed by atoms with E-state index in [0.29, 0.717) is 5.89 Å². The van der Waals surface area contributed by atoms with Crippen LogP contribution < -0.4 is 10.2 Å². The van der Waals surface area contributed by atoms with Gasteiger partial charge < -0.3 is 14.6 Å². The highest BCUT2D eigenvalue weighted by molar-refractivity contribution is 7.16. The fraction of sp³-hybridized carbons (Fsp3) is 0.412. The molecule has 7 nitrogen and oxygen atoms in total. The van der Waals surface area contributed by atoms with Crippen molar-refractivity contribution in [2.24, 2.45) is 0 Å². The summed E-state index contributed by atoms with van der Waals surface area (Å²) in [4.78, 5) is 28.8. The summed E-state index contributed by atoms with van der Waals surface area (Å²) in [5.41, 5.74) is 0. The SMILES string of the molecule is Cc1cnc([C@@H](C)NC(=O)[C@@H]2CCCN2c2ncnc3sccc23)o1. The molecule has 1 amide bonds. The number of aryl methyl sites for hydroxylation is 1. The molecule has 3 aromatic rings. The second kappa shape index (κ2) is 6.44. The van der Waals surface area contributed by atoms with Crippen LogP contribution in [0.2, 0.25) is 0 Å². The third-order valence-corrected chi connectivity index (χ3v) is 5.26. The summed E-state index contributed by atoms with van der Waals surface area (Å²) in [5, 5.41) is 6.02. The van der Waals surface area contributed by atoms with E-state index in [1.54, 1.807) is 23.9 Å². The summed E-state index contributed by atoms with van der Waals surface area (Å²) >= 11 is 1.58. The van der Waals surface area contributed by atoms with E-state index < -0.39 is 0 Å². The minimum Gasteiger partial charge on any atom is -0.444 e. The molecule has 130 valence electrons. The number of carbonyl (C=O) groups excluding carboxylic acids is 1. The lowest BCUT2D eigenvalue weighted by atomic mass is 10.2. The van der Waals surface area contributed by atoms with Crippen LogP contribution in [0, 0.1) is 6.92 Å². The Hall–Kier alpha value is -2.48. The normalized spacial score (nSPS) is 18.6. The highest BCUT2D eigenvalue weighted by Crippen LogP contribution is 2.32. The fourth-order valence-corrected chi connectivity index (χ4v) is 3.97. The van der Waals surface area contributed by atoms with Gasteiger partial charge in [0.25, 0.3) is 0 Å². The van der Waals surface area contributed by atoms with Gasteiger partial charge in [0.05, 0.1) is 11.6 Å². The third kappa shape index (κ3) is 2.97. The maximum absolute atomic E-state index is 12.8. The number of nitrogens with zero attached hydrogens (tertiary/aromatic N) is 4. The van der Waals surface area contributed by atoms with Gasteiger partial charge in [-0.05, 0) is 38.1 Å². The van der Waals surface area contributed by atoms with Gasteiger partial charge in [0.15, 0.2) is 0 Å². The smallest absolute Gasteiger partial charge is 0.243 e. The third-order valence-electron chi connectivity index (χ3n) is 4.44. The summed E-state index contributed by atoms with van der Waals surface area (Å²) in [6.07, 6.45) is 4.99. The van der Waals surface area contributed by atoms with Crippen LogP contribution in [0.15, 0.2) is 28.4 Å². The first-order valence-corrected chi connectivity index (χ1v) is 9.19. The van der Waals surface area contributed by atoms with Crippen LogP contribution in [0.4, 0.5) is 5.82 Å². The van der Waals surface area contributed by atoms with Gasteiger partial charge in [-0.15, -0.1) is 11.3 Å². The number of nitrogens with one attached hydrogen (secondary N) is 1. The molecule has 1 saturated heterocycles. The number of fused-ring (bicyclic) bond motifs is 1. The maximum atomic E-state index is 12.8. The summed E-state index contributed by atoms with van der Waals surface area (Å²) < 4.78 is 5.51. The minimum absolute atomic E-state index is 0.0251. The number of anilines is 1. The van der Waals surface area contributed by atoms with E-state index in [9.17, 15) is 4.79 Å². The molecule has 8 heteroatoms. The quantitative estimate of drug-likeness (QED) is 0.773. The van der Waals surface area contributed by atoms with E-state index in [2.05, 4.69) is 25.2 Å². The van der Waals surface area contributed by atoms with Crippen molar-refractivity contribution in [2.75, 3.05) is 11.4 Å². The number of aromatic nitrogens is 3. The van der Waals surface area contributed by atoms with Crippen LogP contribution in [0.1, 0.15) is 37.5 Å². The number of hydrogen-bond donors (Lipinski definition) is 1. The molecular weight excluding hydrogens is 338 g/mol. The molecule has 0 radical (unpaired) electrons. The zero-order chi connectivity index (χ0) is 17.4. The van der Waals surface area contributed by atoms with Gasteiger partial charge in [-0.1, -0.05) is 0 Å². The molecule has 1 fully saturated rings. The maximum Gasteiger partial charge on any atom is 0.243 e. The van der Waals surface area contributed by atoms with Crippen molar-refractivity contribution < 1.29 is 9.21 Å². The van der Waals surface area contributed by atoms with Gasteiger partial charge >= 0.3 is 0 Å². The molecule has 1 N–H and O–H groups in total. The molecule has 1 aliphatic rings. The van der Waals surface area contributed by atoms with Crippen LogP contribution in [-0.4, -0.2) is 33.4 Å². The molecule has 0 saturated carbocycles. The summed E-state index contributed by atoms with van der Waals surface area (Å²) in [5.74, 6) is 2.07. The first kappa shape index (κ1) is 16.0. The first-order chi connectivity index (χ1) is 12.1. The zero-order valence-electron chi connectivity index (χ0n) is 14.1. The Morgan fingerprint density at radius 1 is 1.44 bits per heavy atom.